The average molecular weight is 328 g/mol. The Bertz CT molecular complexity index is 659. The zero-order valence-electron chi connectivity index (χ0n) is 14.9. The number of carbonyl (C=O) groups excluding carboxylic acids is 1. The van der Waals surface area contributed by atoms with Crippen LogP contribution >= 0.6 is 0 Å². The SMILES string of the molecule is CCc1c(C(=O)NCC(N)(CC)CC)cnn1Cc1ccccc1. The fraction of sp³-hybridized carbons (Fsp3) is 0.474. The molecule has 0 aliphatic carbocycles. The summed E-state index contributed by atoms with van der Waals surface area (Å²) in [6, 6.07) is 10.1. The Morgan fingerprint density at radius 2 is 1.88 bits per heavy atom. The monoisotopic (exact) mass is 328 g/mol. The molecule has 2 aromatic rings. The zero-order valence-corrected chi connectivity index (χ0v) is 14.9. The molecule has 0 spiro atoms. The third-order valence-electron chi connectivity index (χ3n) is 4.71. The molecule has 0 saturated carbocycles. The van der Waals surface area contributed by atoms with Crippen LogP contribution in [0.5, 0.6) is 0 Å². The van der Waals surface area contributed by atoms with Crippen LogP contribution in [0.3, 0.4) is 0 Å². The molecule has 1 heterocycles. The van der Waals surface area contributed by atoms with Crippen molar-refractivity contribution in [2.75, 3.05) is 6.54 Å². The van der Waals surface area contributed by atoms with Crippen molar-refractivity contribution in [1.29, 1.82) is 0 Å². The Morgan fingerprint density at radius 3 is 2.46 bits per heavy atom. The summed E-state index contributed by atoms with van der Waals surface area (Å²) >= 11 is 0. The summed E-state index contributed by atoms with van der Waals surface area (Å²) < 4.78 is 1.90. The lowest BCUT2D eigenvalue weighted by atomic mass is 9.94. The molecule has 24 heavy (non-hydrogen) atoms. The number of benzene rings is 1. The molecule has 5 nitrogen and oxygen atoms in total. The van der Waals surface area contributed by atoms with Gasteiger partial charge in [-0.05, 0) is 24.8 Å². The predicted molar refractivity (Wildman–Crippen MR) is 97.0 cm³/mol. The first-order valence-corrected chi connectivity index (χ1v) is 8.68. The van der Waals surface area contributed by atoms with Gasteiger partial charge >= 0.3 is 0 Å². The largest absolute Gasteiger partial charge is 0.350 e. The normalized spacial score (nSPS) is 11.5. The van der Waals surface area contributed by atoms with Crippen LogP contribution in [-0.4, -0.2) is 27.8 Å². The van der Waals surface area contributed by atoms with Gasteiger partial charge in [-0.2, -0.15) is 5.10 Å². The standard InChI is InChI=1S/C19H28N4O/c1-4-17-16(18(24)21-14-19(20,5-2)6-3)12-22-23(17)13-15-10-8-7-9-11-15/h7-12H,4-6,13-14,20H2,1-3H3,(H,21,24). The van der Waals surface area contributed by atoms with Crippen molar-refractivity contribution in [3.8, 4) is 0 Å². The average Bonchev–Trinajstić information content (AvgIpc) is 3.02. The first-order valence-electron chi connectivity index (χ1n) is 8.68. The van der Waals surface area contributed by atoms with Gasteiger partial charge < -0.3 is 11.1 Å². The molecule has 0 aliphatic heterocycles. The van der Waals surface area contributed by atoms with Crippen LogP contribution in [0, 0.1) is 0 Å². The maximum absolute atomic E-state index is 12.5. The summed E-state index contributed by atoms with van der Waals surface area (Å²) in [5, 5.41) is 7.39. The van der Waals surface area contributed by atoms with E-state index in [4.69, 9.17) is 5.73 Å². The minimum absolute atomic E-state index is 0.0945. The Morgan fingerprint density at radius 1 is 1.21 bits per heavy atom. The van der Waals surface area contributed by atoms with E-state index in [2.05, 4.69) is 22.5 Å². The quantitative estimate of drug-likeness (QED) is 0.782. The molecule has 0 atom stereocenters. The maximum Gasteiger partial charge on any atom is 0.254 e. The van der Waals surface area contributed by atoms with Crippen LogP contribution in [0.25, 0.3) is 0 Å². The Balaban J connectivity index is 2.12. The topological polar surface area (TPSA) is 72.9 Å². The van der Waals surface area contributed by atoms with E-state index in [0.717, 1.165) is 25.0 Å². The van der Waals surface area contributed by atoms with Crippen LogP contribution in [-0.2, 0) is 13.0 Å². The van der Waals surface area contributed by atoms with E-state index in [-0.39, 0.29) is 11.4 Å². The highest BCUT2D eigenvalue weighted by Crippen LogP contribution is 2.14. The Kier molecular flexibility index (Phi) is 6.15. The van der Waals surface area contributed by atoms with E-state index in [1.165, 1.54) is 5.56 Å². The van der Waals surface area contributed by atoms with Gasteiger partial charge in [-0.25, -0.2) is 0 Å². The van der Waals surface area contributed by atoms with Gasteiger partial charge in [-0.3, -0.25) is 9.48 Å². The lowest BCUT2D eigenvalue weighted by Crippen LogP contribution is -2.49. The Hall–Kier alpha value is -2.14. The van der Waals surface area contributed by atoms with Crippen molar-refractivity contribution >= 4 is 5.91 Å². The number of nitrogens with two attached hydrogens (primary N) is 1. The van der Waals surface area contributed by atoms with Crippen molar-refractivity contribution in [2.45, 2.75) is 52.1 Å². The number of amides is 1. The van der Waals surface area contributed by atoms with Crippen molar-refractivity contribution < 1.29 is 4.79 Å². The molecule has 130 valence electrons. The molecule has 5 heteroatoms. The molecule has 0 fully saturated rings. The maximum atomic E-state index is 12.5. The number of hydrogen-bond donors (Lipinski definition) is 2. The minimum atomic E-state index is -0.345. The molecule has 1 aromatic heterocycles. The van der Waals surface area contributed by atoms with Gasteiger partial charge in [0, 0.05) is 12.1 Å². The number of carbonyl (C=O) groups is 1. The summed E-state index contributed by atoms with van der Waals surface area (Å²) in [7, 11) is 0. The fourth-order valence-corrected chi connectivity index (χ4v) is 2.72. The second-order valence-corrected chi connectivity index (χ2v) is 6.25. The smallest absolute Gasteiger partial charge is 0.254 e. The van der Waals surface area contributed by atoms with Crippen molar-refractivity contribution in [2.24, 2.45) is 5.73 Å². The summed E-state index contributed by atoms with van der Waals surface area (Å²) in [6.45, 7) is 7.28. The number of nitrogens with one attached hydrogen (secondary N) is 1. The summed E-state index contributed by atoms with van der Waals surface area (Å²) in [4.78, 5) is 12.5. The molecule has 0 bridgehead atoms. The third-order valence-corrected chi connectivity index (χ3v) is 4.71. The number of aromatic nitrogens is 2. The molecule has 0 aliphatic rings. The van der Waals surface area contributed by atoms with Crippen molar-refractivity contribution in [1.82, 2.24) is 15.1 Å². The lowest BCUT2D eigenvalue weighted by Gasteiger charge is -2.26. The minimum Gasteiger partial charge on any atom is -0.350 e. The summed E-state index contributed by atoms with van der Waals surface area (Å²) in [5.74, 6) is -0.0945. The van der Waals surface area contributed by atoms with E-state index in [1.54, 1.807) is 6.20 Å². The van der Waals surface area contributed by atoms with Gasteiger partial charge in [0.25, 0.3) is 5.91 Å². The molecule has 1 amide bonds. The van der Waals surface area contributed by atoms with Gasteiger partial charge in [0.05, 0.1) is 24.0 Å². The van der Waals surface area contributed by atoms with E-state index in [9.17, 15) is 4.79 Å². The fourth-order valence-electron chi connectivity index (χ4n) is 2.72. The molecular formula is C19H28N4O. The second-order valence-electron chi connectivity index (χ2n) is 6.25. The molecular weight excluding hydrogens is 300 g/mol. The third kappa shape index (κ3) is 4.23. The highest BCUT2D eigenvalue weighted by molar-refractivity contribution is 5.95. The van der Waals surface area contributed by atoms with Crippen LogP contribution in [0.15, 0.2) is 36.5 Å². The summed E-state index contributed by atoms with van der Waals surface area (Å²) in [6.07, 6.45) is 4.08. The lowest BCUT2D eigenvalue weighted by molar-refractivity contribution is 0.0941. The highest BCUT2D eigenvalue weighted by atomic mass is 16.1. The van der Waals surface area contributed by atoms with Gasteiger partial charge in [-0.1, -0.05) is 51.1 Å². The summed E-state index contributed by atoms with van der Waals surface area (Å²) in [5.41, 5.74) is 8.68. The van der Waals surface area contributed by atoms with E-state index >= 15 is 0 Å². The first-order chi connectivity index (χ1) is 11.5. The van der Waals surface area contributed by atoms with Crippen LogP contribution < -0.4 is 11.1 Å². The molecule has 2 rings (SSSR count). The molecule has 3 N–H and O–H groups in total. The highest BCUT2D eigenvalue weighted by Gasteiger charge is 2.23. The molecule has 1 aromatic carbocycles. The van der Waals surface area contributed by atoms with Crippen LogP contribution in [0.2, 0.25) is 0 Å². The second kappa shape index (κ2) is 8.11. The molecule has 0 radical (unpaired) electrons. The first kappa shape index (κ1) is 18.2. The van der Waals surface area contributed by atoms with Crippen LogP contribution in [0.4, 0.5) is 0 Å². The predicted octanol–water partition coefficient (Wildman–Crippen LogP) is 2.74. The van der Waals surface area contributed by atoms with Gasteiger partial charge in [0.1, 0.15) is 0 Å². The van der Waals surface area contributed by atoms with Gasteiger partial charge in [-0.15, -0.1) is 0 Å². The van der Waals surface area contributed by atoms with Crippen molar-refractivity contribution in [3.63, 3.8) is 0 Å². The van der Waals surface area contributed by atoms with E-state index in [1.807, 2.05) is 43.7 Å². The van der Waals surface area contributed by atoms with Gasteiger partial charge in [0.15, 0.2) is 0 Å². The van der Waals surface area contributed by atoms with E-state index < -0.39 is 0 Å². The molecule has 0 saturated heterocycles. The Labute approximate surface area is 144 Å². The van der Waals surface area contributed by atoms with Crippen molar-refractivity contribution in [3.05, 3.63) is 53.3 Å². The number of rotatable bonds is 8. The van der Waals surface area contributed by atoms with E-state index in [0.29, 0.717) is 18.7 Å². The number of hydrogen-bond acceptors (Lipinski definition) is 3. The van der Waals surface area contributed by atoms with Gasteiger partial charge in [0.2, 0.25) is 0 Å². The number of nitrogens with zero attached hydrogens (tertiary/aromatic N) is 2. The molecule has 0 unspecified atom stereocenters. The zero-order chi connectivity index (χ0) is 17.6. The van der Waals surface area contributed by atoms with Crippen LogP contribution in [0.1, 0.15) is 55.2 Å².